The highest BCUT2D eigenvalue weighted by atomic mass is 32.1. The van der Waals surface area contributed by atoms with Crippen LogP contribution >= 0.6 is 11.3 Å². The molecule has 8 heteroatoms. The van der Waals surface area contributed by atoms with E-state index in [1.54, 1.807) is 29.3 Å². The molecule has 7 nitrogen and oxygen atoms in total. The van der Waals surface area contributed by atoms with Gasteiger partial charge in [-0.25, -0.2) is 14.6 Å². The van der Waals surface area contributed by atoms with Gasteiger partial charge in [0.1, 0.15) is 5.69 Å². The maximum Gasteiger partial charge on any atom is 0.258 e. The number of benzene rings is 1. The van der Waals surface area contributed by atoms with Gasteiger partial charge in [0.05, 0.1) is 33.6 Å². The van der Waals surface area contributed by atoms with Crippen LogP contribution in [0.5, 0.6) is 0 Å². The fourth-order valence-corrected chi connectivity index (χ4v) is 4.34. The first-order chi connectivity index (χ1) is 14.5. The molecule has 0 atom stereocenters. The highest BCUT2D eigenvalue weighted by Crippen LogP contribution is 2.30. The van der Waals surface area contributed by atoms with Gasteiger partial charge in [-0.05, 0) is 56.7 Å². The van der Waals surface area contributed by atoms with E-state index in [1.165, 1.54) is 11.3 Å². The number of nitrogens with one attached hydrogen (secondary N) is 1. The Balaban J connectivity index is 1.60. The molecule has 1 aromatic carbocycles. The second kappa shape index (κ2) is 7.07. The van der Waals surface area contributed by atoms with Gasteiger partial charge in [-0.3, -0.25) is 10.1 Å². The molecule has 0 spiro atoms. The van der Waals surface area contributed by atoms with Crippen molar-refractivity contribution in [2.75, 3.05) is 5.32 Å². The lowest BCUT2D eigenvalue weighted by molar-refractivity contribution is 0.102. The number of carbonyl (C=O) groups excluding carboxylic acids is 1. The molecule has 5 aromatic rings. The Kier molecular flexibility index (Phi) is 4.36. The summed E-state index contributed by atoms with van der Waals surface area (Å²) >= 11 is 1.45. The number of hydrogen-bond donors (Lipinski definition) is 1. The van der Waals surface area contributed by atoms with Crippen LogP contribution < -0.4 is 5.32 Å². The van der Waals surface area contributed by atoms with E-state index in [4.69, 9.17) is 9.40 Å². The summed E-state index contributed by atoms with van der Waals surface area (Å²) in [6.45, 7) is 6.08. The number of anilines is 1. The van der Waals surface area contributed by atoms with Gasteiger partial charge in [0.25, 0.3) is 5.91 Å². The maximum atomic E-state index is 13.2. The van der Waals surface area contributed by atoms with E-state index in [1.807, 2.05) is 39.0 Å². The number of pyridine rings is 1. The van der Waals surface area contributed by atoms with Gasteiger partial charge in [-0.2, -0.15) is 5.10 Å². The van der Waals surface area contributed by atoms with Gasteiger partial charge in [0, 0.05) is 6.04 Å². The van der Waals surface area contributed by atoms with Gasteiger partial charge >= 0.3 is 0 Å². The number of fused-ring (bicyclic) bond motifs is 2. The molecule has 0 saturated carbocycles. The summed E-state index contributed by atoms with van der Waals surface area (Å²) in [5.41, 5.74) is 3.73. The molecule has 150 valence electrons. The third-order valence-corrected chi connectivity index (χ3v) is 5.77. The molecule has 30 heavy (non-hydrogen) atoms. The number of aromatic nitrogens is 4. The minimum atomic E-state index is -0.255. The SMILES string of the molecule is Cc1ccc2nc(NC(=O)c3cc(-c4ccco4)nc4c3cnn4C(C)C)sc2c1. The van der Waals surface area contributed by atoms with Gasteiger partial charge < -0.3 is 4.42 Å². The molecule has 0 unspecified atom stereocenters. The Morgan fingerprint density at radius 1 is 1.20 bits per heavy atom. The lowest BCUT2D eigenvalue weighted by Gasteiger charge is -2.09. The van der Waals surface area contributed by atoms with Crippen LogP contribution in [-0.2, 0) is 0 Å². The molecule has 1 N–H and O–H groups in total. The molecule has 0 aliphatic rings. The Morgan fingerprint density at radius 2 is 2.07 bits per heavy atom. The van der Waals surface area contributed by atoms with E-state index < -0.39 is 0 Å². The number of amides is 1. The van der Waals surface area contributed by atoms with Gasteiger partial charge in [-0.1, -0.05) is 17.4 Å². The summed E-state index contributed by atoms with van der Waals surface area (Å²) in [6, 6.07) is 11.5. The van der Waals surface area contributed by atoms with Crippen molar-refractivity contribution in [2.45, 2.75) is 26.8 Å². The summed E-state index contributed by atoms with van der Waals surface area (Å²) < 4.78 is 8.36. The van der Waals surface area contributed by atoms with Crippen LogP contribution in [0.4, 0.5) is 5.13 Å². The van der Waals surface area contributed by atoms with Crippen molar-refractivity contribution in [3.8, 4) is 11.5 Å². The smallest absolute Gasteiger partial charge is 0.258 e. The molecule has 0 bridgehead atoms. The van der Waals surface area contributed by atoms with Gasteiger partial charge in [-0.15, -0.1) is 0 Å². The zero-order valence-corrected chi connectivity index (χ0v) is 17.5. The lowest BCUT2D eigenvalue weighted by atomic mass is 10.1. The molecule has 0 aliphatic heterocycles. The third-order valence-electron chi connectivity index (χ3n) is 4.84. The van der Waals surface area contributed by atoms with Crippen molar-refractivity contribution in [3.63, 3.8) is 0 Å². The molecule has 5 rings (SSSR count). The van der Waals surface area contributed by atoms with Crippen molar-refractivity contribution < 1.29 is 9.21 Å². The highest BCUT2D eigenvalue weighted by molar-refractivity contribution is 7.22. The third kappa shape index (κ3) is 3.15. The number of nitrogens with zero attached hydrogens (tertiary/aromatic N) is 4. The van der Waals surface area contributed by atoms with E-state index in [0.717, 1.165) is 15.8 Å². The largest absolute Gasteiger partial charge is 0.463 e. The Morgan fingerprint density at radius 3 is 2.83 bits per heavy atom. The average Bonchev–Trinajstić information content (AvgIpc) is 3.45. The minimum Gasteiger partial charge on any atom is -0.463 e. The standard InChI is InChI=1S/C22H19N5O2S/c1-12(2)27-20-15(11-23-27)14(10-17(24-20)18-5-4-8-29-18)21(28)26-22-25-16-7-6-13(3)9-19(16)30-22/h4-12H,1-3H3,(H,25,26,28). The summed E-state index contributed by atoms with van der Waals surface area (Å²) in [4.78, 5) is 22.5. The molecular weight excluding hydrogens is 398 g/mol. The molecular formula is C22H19N5O2S. The van der Waals surface area contributed by atoms with Gasteiger partial charge in [0.15, 0.2) is 16.5 Å². The molecule has 4 aromatic heterocycles. The van der Waals surface area contributed by atoms with Crippen LogP contribution in [0.15, 0.2) is 53.3 Å². The Bertz CT molecular complexity index is 1380. The second-order valence-electron chi connectivity index (χ2n) is 7.40. The van der Waals surface area contributed by atoms with Crippen LogP contribution in [-0.4, -0.2) is 25.7 Å². The van der Waals surface area contributed by atoms with E-state index in [2.05, 4.69) is 21.5 Å². The van der Waals surface area contributed by atoms with Crippen LogP contribution in [0.3, 0.4) is 0 Å². The number of rotatable bonds is 4. The topological polar surface area (TPSA) is 85.8 Å². The van der Waals surface area contributed by atoms with E-state index in [-0.39, 0.29) is 11.9 Å². The quantitative estimate of drug-likeness (QED) is 0.421. The first-order valence-electron chi connectivity index (χ1n) is 9.60. The molecule has 0 radical (unpaired) electrons. The number of furan rings is 1. The van der Waals surface area contributed by atoms with E-state index in [9.17, 15) is 4.79 Å². The number of aryl methyl sites for hydroxylation is 1. The van der Waals surface area contributed by atoms with Crippen molar-refractivity contribution in [2.24, 2.45) is 0 Å². The number of thiazole rings is 1. The first kappa shape index (κ1) is 18.5. The monoisotopic (exact) mass is 417 g/mol. The lowest BCUT2D eigenvalue weighted by Crippen LogP contribution is -2.13. The molecule has 0 saturated heterocycles. The predicted octanol–water partition coefficient (Wildman–Crippen LogP) is 5.44. The summed E-state index contributed by atoms with van der Waals surface area (Å²) in [5, 5.41) is 8.63. The molecule has 0 aliphatic carbocycles. The van der Waals surface area contributed by atoms with E-state index in [0.29, 0.717) is 33.2 Å². The summed E-state index contributed by atoms with van der Waals surface area (Å²) in [5.74, 6) is 0.340. The second-order valence-corrected chi connectivity index (χ2v) is 8.43. The predicted molar refractivity (Wildman–Crippen MR) is 118 cm³/mol. The van der Waals surface area contributed by atoms with Crippen LogP contribution in [0, 0.1) is 6.92 Å². The summed E-state index contributed by atoms with van der Waals surface area (Å²) in [7, 11) is 0. The first-order valence-corrected chi connectivity index (χ1v) is 10.4. The molecule has 0 fully saturated rings. The average molecular weight is 417 g/mol. The van der Waals surface area contributed by atoms with Crippen molar-refractivity contribution in [3.05, 3.63) is 60.0 Å². The van der Waals surface area contributed by atoms with Crippen LogP contribution in [0.25, 0.3) is 32.7 Å². The number of hydrogen-bond acceptors (Lipinski definition) is 6. The molecule has 1 amide bonds. The number of carbonyl (C=O) groups is 1. The Labute approximate surface area is 176 Å². The maximum absolute atomic E-state index is 13.2. The van der Waals surface area contributed by atoms with Crippen LogP contribution in [0.2, 0.25) is 0 Å². The fraction of sp³-hybridized carbons (Fsp3) is 0.182. The van der Waals surface area contributed by atoms with Crippen molar-refractivity contribution >= 4 is 43.6 Å². The highest BCUT2D eigenvalue weighted by Gasteiger charge is 2.20. The Hall–Kier alpha value is -3.52. The molecule has 4 heterocycles. The van der Waals surface area contributed by atoms with Crippen LogP contribution in [0.1, 0.15) is 35.8 Å². The van der Waals surface area contributed by atoms with Crippen molar-refractivity contribution in [1.82, 2.24) is 19.7 Å². The minimum absolute atomic E-state index is 0.102. The zero-order chi connectivity index (χ0) is 20.8. The zero-order valence-electron chi connectivity index (χ0n) is 16.7. The van der Waals surface area contributed by atoms with Crippen molar-refractivity contribution in [1.29, 1.82) is 0 Å². The fourth-order valence-electron chi connectivity index (χ4n) is 3.38. The van der Waals surface area contributed by atoms with E-state index >= 15 is 0 Å². The summed E-state index contributed by atoms with van der Waals surface area (Å²) in [6.07, 6.45) is 3.27. The normalized spacial score (nSPS) is 11.6. The van der Waals surface area contributed by atoms with Gasteiger partial charge in [0.2, 0.25) is 0 Å².